The number of rotatable bonds is 6. The van der Waals surface area contributed by atoms with Gasteiger partial charge in [0, 0.05) is 26.0 Å². The van der Waals surface area contributed by atoms with E-state index in [4.69, 9.17) is 4.74 Å². The van der Waals surface area contributed by atoms with Crippen LogP contribution in [-0.4, -0.2) is 29.7 Å². The van der Waals surface area contributed by atoms with E-state index in [2.05, 4.69) is 15.3 Å². The summed E-state index contributed by atoms with van der Waals surface area (Å²) in [5.74, 6) is -0.0173. The third kappa shape index (κ3) is 4.99. The lowest BCUT2D eigenvalue weighted by atomic mass is 10.4. The van der Waals surface area contributed by atoms with Gasteiger partial charge in [0.1, 0.15) is 5.69 Å². The fraction of sp³-hybridized carbons (Fsp3) is 0.600. The molecule has 0 fully saturated rings. The van der Waals surface area contributed by atoms with Crippen LogP contribution in [-0.2, 0) is 10.9 Å². The van der Waals surface area contributed by atoms with E-state index in [0.29, 0.717) is 26.2 Å². The fourth-order valence-corrected chi connectivity index (χ4v) is 1.12. The normalized spacial score (nSPS) is 11.5. The average molecular weight is 249 g/mol. The Kier molecular flexibility index (Phi) is 5.14. The SMILES string of the molecule is CCOCCCNc1nccc(C(F)(F)F)n1. The minimum Gasteiger partial charge on any atom is -0.382 e. The molecule has 0 atom stereocenters. The highest BCUT2D eigenvalue weighted by atomic mass is 19.4. The fourth-order valence-electron chi connectivity index (χ4n) is 1.12. The van der Waals surface area contributed by atoms with E-state index < -0.39 is 11.9 Å². The molecule has 0 aromatic carbocycles. The third-order valence-corrected chi connectivity index (χ3v) is 1.90. The first-order valence-electron chi connectivity index (χ1n) is 5.26. The maximum Gasteiger partial charge on any atom is 0.433 e. The van der Waals surface area contributed by atoms with Crippen molar-refractivity contribution in [1.29, 1.82) is 0 Å². The van der Waals surface area contributed by atoms with Gasteiger partial charge < -0.3 is 10.1 Å². The Balaban J connectivity index is 2.44. The van der Waals surface area contributed by atoms with Crippen LogP contribution in [0.25, 0.3) is 0 Å². The molecule has 0 saturated heterocycles. The average Bonchev–Trinajstić information content (AvgIpc) is 2.28. The van der Waals surface area contributed by atoms with Gasteiger partial charge in [0.05, 0.1) is 0 Å². The minimum atomic E-state index is -4.44. The first-order valence-corrected chi connectivity index (χ1v) is 5.26. The van der Waals surface area contributed by atoms with Crippen molar-refractivity contribution in [3.05, 3.63) is 18.0 Å². The quantitative estimate of drug-likeness (QED) is 0.786. The van der Waals surface area contributed by atoms with Crippen molar-refractivity contribution in [2.75, 3.05) is 25.1 Å². The number of halogens is 3. The molecule has 0 unspecified atom stereocenters. The van der Waals surface area contributed by atoms with Crippen LogP contribution in [0.2, 0.25) is 0 Å². The second kappa shape index (κ2) is 6.39. The Labute approximate surface area is 97.2 Å². The molecule has 0 bridgehead atoms. The van der Waals surface area contributed by atoms with Crippen LogP contribution in [0, 0.1) is 0 Å². The monoisotopic (exact) mass is 249 g/mol. The first-order chi connectivity index (χ1) is 8.04. The zero-order valence-corrected chi connectivity index (χ0v) is 9.42. The molecule has 0 saturated carbocycles. The summed E-state index contributed by atoms with van der Waals surface area (Å²) >= 11 is 0. The molecular formula is C10H14F3N3O. The number of hydrogen-bond donors (Lipinski definition) is 1. The molecule has 1 heterocycles. The molecule has 1 N–H and O–H groups in total. The zero-order chi connectivity index (χ0) is 12.7. The number of alkyl halides is 3. The molecule has 1 aromatic heterocycles. The van der Waals surface area contributed by atoms with Crippen LogP contribution in [0.4, 0.5) is 19.1 Å². The Morgan fingerprint density at radius 3 is 2.82 bits per heavy atom. The minimum absolute atomic E-state index is 0.0173. The van der Waals surface area contributed by atoms with Gasteiger partial charge in [0.2, 0.25) is 5.95 Å². The molecule has 0 aliphatic rings. The standard InChI is InChI=1S/C10H14F3N3O/c1-2-17-7-3-5-14-9-15-6-4-8(16-9)10(11,12)13/h4,6H,2-3,5,7H2,1H3,(H,14,15,16). The lowest BCUT2D eigenvalue weighted by Gasteiger charge is -2.08. The van der Waals surface area contributed by atoms with Crippen molar-refractivity contribution in [1.82, 2.24) is 9.97 Å². The number of hydrogen-bond acceptors (Lipinski definition) is 4. The smallest absolute Gasteiger partial charge is 0.382 e. The Morgan fingerprint density at radius 1 is 1.41 bits per heavy atom. The van der Waals surface area contributed by atoms with Crippen LogP contribution in [0.3, 0.4) is 0 Å². The van der Waals surface area contributed by atoms with Gasteiger partial charge in [-0.3, -0.25) is 0 Å². The lowest BCUT2D eigenvalue weighted by Crippen LogP contribution is -2.13. The van der Waals surface area contributed by atoms with E-state index in [0.717, 1.165) is 12.3 Å². The van der Waals surface area contributed by atoms with Gasteiger partial charge >= 0.3 is 6.18 Å². The molecule has 1 aromatic rings. The maximum atomic E-state index is 12.3. The van der Waals surface area contributed by atoms with Crippen molar-refractivity contribution in [2.24, 2.45) is 0 Å². The summed E-state index contributed by atoms with van der Waals surface area (Å²) in [5, 5.41) is 2.71. The van der Waals surface area contributed by atoms with Crippen LogP contribution in [0.15, 0.2) is 12.3 Å². The van der Waals surface area contributed by atoms with E-state index in [1.807, 2.05) is 6.92 Å². The molecule has 17 heavy (non-hydrogen) atoms. The van der Waals surface area contributed by atoms with Gasteiger partial charge in [-0.1, -0.05) is 0 Å². The van der Waals surface area contributed by atoms with Crippen LogP contribution < -0.4 is 5.32 Å². The van der Waals surface area contributed by atoms with Crippen LogP contribution in [0.5, 0.6) is 0 Å². The number of anilines is 1. The van der Waals surface area contributed by atoms with Crippen LogP contribution >= 0.6 is 0 Å². The second-order valence-electron chi connectivity index (χ2n) is 3.24. The van der Waals surface area contributed by atoms with Crippen LogP contribution in [0.1, 0.15) is 19.0 Å². The van der Waals surface area contributed by atoms with Gasteiger partial charge in [-0.15, -0.1) is 0 Å². The molecular weight excluding hydrogens is 235 g/mol. The van der Waals surface area contributed by atoms with Gasteiger partial charge in [-0.25, -0.2) is 9.97 Å². The molecule has 0 aliphatic heterocycles. The second-order valence-corrected chi connectivity index (χ2v) is 3.24. The third-order valence-electron chi connectivity index (χ3n) is 1.90. The molecule has 0 amide bonds. The summed E-state index contributed by atoms with van der Waals surface area (Å²) in [4.78, 5) is 7.08. The molecule has 4 nitrogen and oxygen atoms in total. The number of nitrogens with zero attached hydrogens (tertiary/aromatic N) is 2. The topological polar surface area (TPSA) is 47.0 Å². The summed E-state index contributed by atoms with van der Waals surface area (Å²) in [6.45, 7) is 3.53. The lowest BCUT2D eigenvalue weighted by molar-refractivity contribution is -0.141. The van der Waals surface area contributed by atoms with E-state index in [-0.39, 0.29) is 5.95 Å². The molecule has 0 spiro atoms. The number of nitrogens with one attached hydrogen (secondary N) is 1. The van der Waals surface area contributed by atoms with Crippen molar-refractivity contribution in [3.63, 3.8) is 0 Å². The summed E-state index contributed by atoms with van der Waals surface area (Å²) in [6, 6.07) is 0.839. The molecule has 1 rings (SSSR count). The predicted octanol–water partition coefficient (Wildman–Crippen LogP) is 2.33. The molecule has 96 valence electrons. The van der Waals surface area contributed by atoms with Gasteiger partial charge in [0.15, 0.2) is 0 Å². The Morgan fingerprint density at radius 2 is 2.18 bits per heavy atom. The van der Waals surface area contributed by atoms with E-state index in [9.17, 15) is 13.2 Å². The zero-order valence-electron chi connectivity index (χ0n) is 9.42. The maximum absolute atomic E-state index is 12.3. The Bertz CT molecular complexity index is 344. The summed E-state index contributed by atoms with van der Waals surface area (Å²) in [7, 11) is 0. The highest BCUT2D eigenvalue weighted by Gasteiger charge is 2.32. The highest BCUT2D eigenvalue weighted by molar-refractivity contribution is 5.25. The Hall–Kier alpha value is -1.37. The van der Waals surface area contributed by atoms with E-state index >= 15 is 0 Å². The van der Waals surface area contributed by atoms with Gasteiger partial charge in [-0.05, 0) is 19.4 Å². The molecule has 0 aliphatic carbocycles. The van der Waals surface area contributed by atoms with Crippen molar-refractivity contribution in [3.8, 4) is 0 Å². The van der Waals surface area contributed by atoms with E-state index in [1.165, 1.54) is 0 Å². The molecule has 0 radical (unpaired) electrons. The predicted molar refractivity (Wildman–Crippen MR) is 56.6 cm³/mol. The number of aromatic nitrogens is 2. The summed E-state index contributed by atoms with van der Waals surface area (Å²) < 4.78 is 42.0. The highest BCUT2D eigenvalue weighted by Crippen LogP contribution is 2.27. The first kappa shape index (κ1) is 13.7. The largest absolute Gasteiger partial charge is 0.433 e. The van der Waals surface area contributed by atoms with Gasteiger partial charge in [0.25, 0.3) is 0 Å². The van der Waals surface area contributed by atoms with Crippen molar-refractivity contribution < 1.29 is 17.9 Å². The summed E-state index contributed by atoms with van der Waals surface area (Å²) in [5.41, 5.74) is -0.945. The molecule has 7 heteroatoms. The summed E-state index contributed by atoms with van der Waals surface area (Å²) in [6.07, 6.45) is -2.67. The van der Waals surface area contributed by atoms with E-state index in [1.54, 1.807) is 0 Å². The number of ether oxygens (including phenoxy) is 1. The van der Waals surface area contributed by atoms with Crippen molar-refractivity contribution >= 4 is 5.95 Å². The van der Waals surface area contributed by atoms with Gasteiger partial charge in [-0.2, -0.15) is 13.2 Å². The van der Waals surface area contributed by atoms with Crippen molar-refractivity contribution in [2.45, 2.75) is 19.5 Å².